The van der Waals surface area contributed by atoms with Gasteiger partial charge in [0.2, 0.25) is 0 Å². The first-order valence-corrected chi connectivity index (χ1v) is 7.61. The average molecular weight is 297 g/mol. The quantitative estimate of drug-likeness (QED) is 0.888. The van der Waals surface area contributed by atoms with Gasteiger partial charge in [0.25, 0.3) is 5.91 Å². The summed E-state index contributed by atoms with van der Waals surface area (Å²) in [6.45, 7) is 8.01. The monoisotopic (exact) mass is 297 g/mol. The molecule has 116 valence electrons. The van der Waals surface area contributed by atoms with E-state index in [1.54, 1.807) is 0 Å². The number of hydrogen-bond donors (Lipinski definition) is 1. The van der Waals surface area contributed by atoms with Gasteiger partial charge < -0.3 is 10.1 Å². The smallest absolute Gasteiger partial charge is 0.265 e. The summed E-state index contributed by atoms with van der Waals surface area (Å²) >= 11 is 0. The maximum Gasteiger partial charge on any atom is 0.265 e. The molecule has 0 aromatic heterocycles. The van der Waals surface area contributed by atoms with Crippen LogP contribution >= 0.6 is 0 Å². The first kappa shape index (κ1) is 16.1. The number of hydrogen-bond acceptors (Lipinski definition) is 2. The van der Waals surface area contributed by atoms with Gasteiger partial charge in [-0.1, -0.05) is 36.8 Å². The van der Waals surface area contributed by atoms with Crippen molar-refractivity contribution >= 4 is 11.6 Å². The summed E-state index contributed by atoms with van der Waals surface area (Å²) < 4.78 is 5.81. The summed E-state index contributed by atoms with van der Waals surface area (Å²) in [5.41, 5.74) is 4.25. The normalized spacial score (nSPS) is 11.8. The Hall–Kier alpha value is -2.29. The van der Waals surface area contributed by atoms with Gasteiger partial charge in [-0.05, 0) is 56.5 Å². The number of carbonyl (C=O) groups excluding carboxylic acids is 1. The molecule has 1 amide bonds. The molecule has 3 nitrogen and oxygen atoms in total. The lowest BCUT2D eigenvalue weighted by atomic mass is 10.1. The first-order chi connectivity index (χ1) is 10.5. The Balaban J connectivity index is 2.08. The minimum absolute atomic E-state index is 0.114. The molecule has 0 saturated carbocycles. The standard InChI is InChI=1S/C19H23NO2/c1-5-18(22-16-11-9-13(2)10-12-16)19(21)20-17-8-6-7-14(3)15(17)4/h6-12,18H,5H2,1-4H3,(H,20,21)/t18-/m0/s1. The lowest BCUT2D eigenvalue weighted by Crippen LogP contribution is -2.32. The van der Waals surface area contributed by atoms with Crippen LogP contribution < -0.4 is 10.1 Å². The van der Waals surface area contributed by atoms with Gasteiger partial charge in [-0.3, -0.25) is 4.79 Å². The number of ether oxygens (including phenoxy) is 1. The van der Waals surface area contributed by atoms with Gasteiger partial charge in [0, 0.05) is 5.69 Å². The number of nitrogens with one attached hydrogen (secondary N) is 1. The SMILES string of the molecule is CC[C@H](Oc1ccc(C)cc1)C(=O)Nc1cccc(C)c1C. The minimum Gasteiger partial charge on any atom is -0.481 e. The second-order valence-corrected chi connectivity index (χ2v) is 5.56. The summed E-state index contributed by atoms with van der Waals surface area (Å²) in [4.78, 5) is 12.4. The molecular weight excluding hydrogens is 274 g/mol. The molecule has 1 N–H and O–H groups in total. The fraction of sp³-hybridized carbons (Fsp3) is 0.316. The largest absolute Gasteiger partial charge is 0.481 e. The van der Waals surface area contributed by atoms with Crippen molar-refractivity contribution in [3.8, 4) is 5.75 Å². The van der Waals surface area contributed by atoms with Gasteiger partial charge in [-0.15, -0.1) is 0 Å². The van der Waals surface area contributed by atoms with Crippen LogP contribution in [0.15, 0.2) is 42.5 Å². The first-order valence-electron chi connectivity index (χ1n) is 7.61. The van der Waals surface area contributed by atoms with Crippen molar-refractivity contribution in [3.63, 3.8) is 0 Å². The highest BCUT2D eigenvalue weighted by Crippen LogP contribution is 2.20. The van der Waals surface area contributed by atoms with E-state index in [-0.39, 0.29) is 5.91 Å². The van der Waals surface area contributed by atoms with Crippen molar-refractivity contribution in [2.24, 2.45) is 0 Å². The average Bonchev–Trinajstić information content (AvgIpc) is 2.51. The van der Waals surface area contributed by atoms with Crippen molar-refractivity contribution < 1.29 is 9.53 Å². The van der Waals surface area contributed by atoms with E-state index in [0.717, 1.165) is 16.8 Å². The summed E-state index contributed by atoms with van der Waals surface area (Å²) in [7, 11) is 0. The summed E-state index contributed by atoms with van der Waals surface area (Å²) in [5.74, 6) is 0.602. The van der Waals surface area contributed by atoms with E-state index in [1.807, 2.05) is 70.2 Å². The molecule has 0 aliphatic rings. The summed E-state index contributed by atoms with van der Waals surface area (Å²) in [5, 5.41) is 2.97. The third kappa shape index (κ3) is 3.88. The van der Waals surface area contributed by atoms with Crippen molar-refractivity contribution in [2.75, 3.05) is 5.32 Å². The van der Waals surface area contributed by atoms with Crippen LogP contribution in [0.3, 0.4) is 0 Å². The Morgan fingerprint density at radius 3 is 2.41 bits per heavy atom. The molecule has 3 heteroatoms. The Morgan fingerprint density at radius 2 is 1.77 bits per heavy atom. The number of anilines is 1. The molecule has 0 spiro atoms. The van der Waals surface area contributed by atoms with Crippen LogP contribution in [0.5, 0.6) is 5.75 Å². The van der Waals surface area contributed by atoms with Gasteiger partial charge in [-0.25, -0.2) is 0 Å². The van der Waals surface area contributed by atoms with E-state index in [0.29, 0.717) is 12.2 Å². The van der Waals surface area contributed by atoms with Crippen LogP contribution in [-0.2, 0) is 4.79 Å². The topological polar surface area (TPSA) is 38.3 Å². The van der Waals surface area contributed by atoms with Crippen LogP contribution in [0.2, 0.25) is 0 Å². The van der Waals surface area contributed by atoms with E-state index in [4.69, 9.17) is 4.74 Å². The fourth-order valence-corrected chi connectivity index (χ4v) is 2.20. The molecule has 0 bridgehead atoms. The Bertz CT molecular complexity index is 647. The van der Waals surface area contributed by atoms with E-state index in [9.17, 15) is 4.79 Å². The summed E-state index contributed by atoms with van der Waals surface area (Å²) in [6, 6.07) is 13.6. The lowest BCUT2D eigenvalue weighted by Gasteiger charge is -2.18. The number of amides is 1. The van der Waals surface area contributed by atoms with Gasteiger partial charge in [0.15, 0.2) is 6.10 Å². The highest BCUT2D eigenvalue weighted by molar-refractivity contribution is 5.95. The van der Waals surface area contributed by atoms with Crippen molar-refractivity contribution in [1.82, 2.24) is 0 Å². The molecule has 1 atom stereocenters. The van der Waals surface area contributed by atoms with Crippen LogP contribution in [0.1, 0.15) is 30.0 Å². The second-order valence-electron chi connectivity index (χ2n) is 5.56. The molecule has 0 aliphatic carbocycles. The molecule has 0 fully saturated rings. The molecule has 0 aliphatic heterocycles. The summed E-state index contributed by atoms with van der Waals surface area (Å²) in [6.07, 6.45) is 0.118. The molecule has 2 rings (SSSR count). The van der Waals surface area contributed by atoms with E-state index in [1.165, 1.54) is 5.56 Å². The van der Waals surface area contributed by atoms with Crippen LogP contribution in [0.25, 0.3) is 0 Å². The Kier molecular flexibility index (Phi) is 5.21. The molecule has 2 aromatic rings. The van der Waals surface area contributed by atoms with Gasteiger partial charge in [-0.2, -0.15) is 0 Å². The molecule has 0 radical (unpaired) electrons. The Labute approximate surface area is 132 Å². The number of carbonyl (C=O) groups is 1. The van der Waals surface area contributed by atoms with Crippen LogP contribution in [0.4, 0.5) is 5.69 Å². The molecule has 22 heavy (non-hydrogen) atoms. The van der Waals surface area contributed by atoms with E-state index >= 15 is 0 Å². The maximum atomic E-state index is 12.4. The zero-order valence-electron chi connectivity index (χ0n) is 13.6. The zero-order chi connectivity index (χ0) is 16.1. The maximum absolute atomic E-state index is 12.4. The van der Waals surface area contributed by atoms with E-state index < -0.39 is 6.10 Å². The zero-order valence-corrected chi connectivity index (χ0v) is 13.6. The highest BCUT2D eigenvalue weighted by atomic mass is 16.5. The number of aryl methyl sites for hydroxylation is 2. The van der Waals surface area contributed by atoms with Crippen molar-refractivity contribution in [2.45, 2.75) is 40.2 Å². The predicted octanol–water partition coefficient (Wildman–Crippen LogP) is 4.41. The highest BCUT2D eigenvalue weighted by Gasteiger charge is 2.19. The van der Waals surface area contributed by atoms with E-state index in [2.05, 4.69) is 5.32 Å². The third-order valence-electron chi connectivity index (χ3n) is 3.83. The molecule has 0 saturated heterocycles. The minimum atomic E-state index is -0.498. The molecule has 2 aromatic carbocycles. The van der Waals surface area contributed by atoms with Crippen LogP contribution in [0, 0.1) is 20.8 Å². The van der Waals surface area contributed by atoms with Gasteiger partial charge in [0.1, 0.15) is 5.75 Å². The third-order valence-corrected chi connectivity index (χ3v) is 3.83. The number of rotatable bonds is 5. The molecule has 0 heterocycles. The van der Waals surface area contributed by atoms with Crippen molar-refractivity contribution in [1.29, 1.82) is 0 Å². The number of benzene rings is 2. The predicted molar refractivity (Wildman–Crippen MR) is 90.4 cm³/mol. The molecule has 0 unspecified atom stereocenters. The fourth-order valence-electron chi connectivity index (χ4n) is 2.20. The van der Waals surface area contributed by atoms with Crippen molar-refractivity contribution in [3.05, 3.63) is 59.2 Å². The van der Waals surface area contributed by atoms with Crippen LogP contribution in [-0.4, -0.2) is 12.0 Å². The lowest BCUT2D eigenvalue weighted by molar-refractivity contribution is -0.122. The Morgan fingerprint density at radius 1 is 1.09 bits per heavy atom. The van der Waals surface area contributed by atoms with Gasteiger partial charge >= 0.3 is 0 Å². The molecular formula is C19H23NO2. The van der Waals surface area contributed by atoms with Gasteiger partial charge in [0.05, 0.1) is 0 Å². The second kappa shape index (κ2) is 7.12.